The molecule has 1 aromatic carbocycles. The van der Waals surface area contributed by atoms with E-state index >= 15 is 0 Å². The lowest BCUT2D eigenvalue weighted by Crippen LogP contribution is -2.31. The molecule has 0 aliphatic heterocycles. The Morgan fingerprint density at radius 1 is 1.28 bits per heavy atom. The average Bonchev–Trinajstić information content (AvgIpc) is 3.09. The average molecular weight is 459 g/mol. The van der Waals surface area contributed by atoms with Crippen molar-refractivity contribution in [1.29, 1.82) is 0 Å². The zero-order valence-corrected chi connectivity index (χ0v) is 17.2. The number of nitrogens with one attached hydrogen (secondary N) is 2. The molecule has 0 atom stereocenters. The molecule has 2 rings (SSSR count). The summed E-state index contributed by atoms with van der Waals surface area (Å²) in [5.74, 6) is 2.14. The molecule has 25 heavy (non-hydrogen) atoms. The molecule has 0 radical (unpaired) electrons. The molecule has 0 saturated carbocycles. The number of aromatic nitrogens is 2. The van der Waals surface area contributed by atoms with Gasteiger partial charge in [0.2, 0.25) is 0 Å². The highest BCUT2D eigenvalue weighted by Gasteiger charge is 2.07. The van der Waals surface area contributed by atoms with Crippen LogP contribution in [0, 0.1) is 0 Å². The quantitative estimate of drug-likeness (QED) is 0.361. The molecule has 1 heterocycles. The molecule has 0 fully saturated rings. The molecule has 0 unspecified atom stereocenters. The normalized spacial score (nSPS) is 10.8. The summed E-state index contributed by atoms with van der Waals surface area (Å²) < 4.78 is 12.8. The fourth-order valence-electron chi connectivity index (χ4n) is 2.16. The predicted octanol–water partition coefficient (Wildman–Crippen LogP) is 2.99. The van der Waals surface area contributed by atoms with Crippen LogP contribution in [-0.4, -0.2) is 42.5 Å². The van der Waals surface area contributed by atoms with Gasteiger partial charge in [-0.25, -0.2) is 0 Å². The molecule has 0 saturated heterocycles. The lowest BCUT2D eigenvalue weighted by Gasteiger charge is -2.14. The van der Waals surface area contributed by atoms with Crippen LogP contribution in [0.4, 0.5) is 5.69 Å². The van der Waals surface area contributed by atoms with E-state index in [0.29, 0.717) is 24.7 Å². The summed E-state index contributed by atoms with van der Waals surface area (Å²) in [6.45, 7) is 6.70. The van der Waals surface area contributed by atoms with E-state index in [1.54, 1.807) is 13.3 Å². The van der Waals surface area contributed by atoms with Crippen LogP contribution >= 0.6 is 24.0 Å². The van der Waals surface area contributed by atoms with Crippen molar-refractivity contribution in [2.75, 3.05) is 32.1 Å². The van der Waals surface area contributed by atoms with Gasteiger partial charge in [-0.15, -0.1) is 24.0 Å². The predicted molar refractivity (Wildman–Crippen MR) is 111 cm³/mol. The monoisotopic (exact) mass is 459 g/mol. The first-order chi connectivity index (χ1) is 11.8. The number of rotatable bonds is 8. The molecule has 0 spiro atoms. The van der Waals surface area contributed by atoms with Crippen molar-refractivity contribution >= 4 is 35.6 Å². The topological polar surface area (TPSA) is 72.7 Å². The Morgan fingerprint density at radius 2 is 2.12 bits per heavy atom. The molecule has 7 nitrogen and oxygen atoms in total. The van der Waals surface area contributed by atoms with Gasteiger partial charge in [-0.2, -0.15) is 5.10 Å². The molecule has 1 aromatic heterocycles. The Labute approximate surface area is 165 Å². The van der Waals surface area contributed by atoms with Crippen LogP contribution in [0.25, 0.3) is 0 Å². The minimum Gasteiger partial charge on any atom is -0.493 e. The van der Waals surface area contributed by atoms with Gasteiger partial charge < -0.3 is 20.1 Å². The molecule has 0 amide bonds. The molecular formula is C17H26IN5O2. The van der Waals surface area contributed by atoms with Gasteiger partial charge in [0.15, 0.2) is 17.5 Å². The van der Waals surface area contributed by atoms with Crippen molar-refractivity contribution in [3.8, 4) is 11.5 Å². The molecule has 2 N–H and O–H groups in total. The second kappa shape index (κ2) is 11.6. The number of guanidine groups is 1. The minimum absolute atomic E-state index is 0. The standard InChI is InChI=1S/C17H25N5O2.HI/c1-4-18-17(19-10-12-22-11-6-9-20-22)21-14-7-8-15(23-3)16(13-14)24-5-2;/h6-9,11,13H,4-5,10,12H2,1-3H3,(H2,18,19,21);1H. The summed E-state index contributed by atoms with van der Waals surface area (Å²) in [6.07, 6.45) is 3.69. The Morgan fingerprint density at radius 3 is 2.76 bits per heavy atom. The highest BCUT2D eigenvalue weighted by molar-refractivity contribution is 14.0. The number of aliphatic imine (C=N–C) groups is 1. The van der Waals surface area contributed by atoms with Crippen molar-refractivity contribution in [1.82, 2.24) is 15.1 Å². The number of halogens is 1. The maximum absolute atomic E-state index is 5.60. The highest BCUT2D eigenvalue weighted by Crippen LogP contribution is 2.30. The first-order valence-corrected chi connectivity index (χ1v) is 8.10. The Balaban J connectivity index is 0.00000312. The van der Waals surface area contributed by atoms with Crippen LogP contribution in [0.3, 0.4) is 0 Å². The Bertz CT molecular complexity index is 646. The number of benzene rings is 1. The smallest absolute Gasteiger partial charge is 0.195 e. The van der Waals surface area contributed by atoms with Gasteiger partial charge in [-0.05, 0) is 32.0 Å². The van der Waals surface area contributed by atoms with Crippen molar-refractivity contribution in [2.45, 2.75) is 20.4 Å². The van der Waals surface area contributed by atoms with E-state index in [1.165, 1.54) is 0 Å². The van der Waals surface area contributed by atoms with Crippen LogP contribution in [-0.2, 0) is 6.54 Å². The summed E-state index contributed by atoms with van der Waals surface area (Å²) in [5, 5.41) is 10.7. The number of nitrogens with zero attached hydrogens (tertiary/aromatic N) is 3. The molecule has 8 heteroatoms. The maximum atomic E-state index is 5.60. The molecule has 138 valence electrons. The SMILES string of the molecule is CCNC(=NCCn1cccn1)Nc1ccc(OC)c(OCC)c1.I. The summed E-state index contributed by atoms with van der Waals surface area (Å²) >= 11 is 0. The Hall–Kier alpha value is -1.97. The third-order valence-corrected chi connectivity index (χ3v) is 3.23. The first-order valence-electron chi connectivity index (χ1n) is 8.10. The van der Waals surface area contributed by atoms with Crippen molar-refractivity contribution in [3.63, 3.8) is 0 Å². The van der Waals surface area contributed by atoms with Crippen molar-refractivity contribution in [3.05, 3.63) is 36.7 Å². The van der Waals surface area contributed by atoms with Crippen molar-refractivity contribution in [2.24, 2.45) is 4.99 Å². The van der Waals surface area contributed by atoms with E-state index in [1.807, 2.05) is 49.0 Å². The molecule has 2 aromatic rings. The van der Waals surface area contributed by atoms with Gasteiger partial charge in [-0.3, -0.25) is 9.67 Å². The number of ether oxygens (including phenoxy) is 2. The second-order valence-electron chi connectivity index (χ2n) is 4.95. The van der Waals surface area contributed by atoms with Crippen LogP contribution in [0.5, 0.6) is 11.5 Å². The molecule has 0 aliphatic carbocycles. The number of anilines is 1. The van der Waals surface area contributed by atoms with E-state index < -0.39 is 0 Å². The lowest BCUT2D eigenvalue weighted by atomic mass is 10.2. The van der Waals surface area contributed by atoms with Gasteiger partial charge in [-0.1, -0.05) is 0 Å². The van der Waals surface area contributed by atoms with E-state index in [-0.39, 0.29) is 24.0 Å². The highest BCUT2D eigenvalue weighted by atomic mass is 127. The summed E-state index contributed by atoms with van der Waals surface area (Å²) in [7, 11) is 1.63. The number of hydrogen-bond acceptors (Lipinski definition) is 4. The van der Waals surface area contributed by atoms with Crippen LogP contribution in [0.15, 0.2) is 41.7 Å². The maximum Gasteiger partial charge on any atom is 0.195 e. The van der Waals surface area contributed by atoms with E-state index in [9.17, 15) is 0 Å². The fraction of sp³-hybridized carbons (Fsp3) is 0.412. The third kappa shape index (κ3) is 6.81. The van der Waals surface area contributed by atoms with Crippen LogP contribution in [0.1, 0.15) is 13.8 Å². The largest absolute Gasteiger partial charge is 0.493 e. The first kappa shape index (κ1) is 21.1. The Kier molecular flexibility index (Phi) is 9.75. The third-order valence-electron chi connectivity index (χ3n) is 3.23. The lowest BCUT2D eigenvalue weighted by molar-refractivity contribution is 0.311. The fourth-order valence-corrected chi connectivity index (χ4v) is 2.16. The van der Waals surface area contributed by atoms with Gasteiger partial charge in [0, 0.05) is 30.7 Å². The second-order valence-corrected chi connectivity index (χ2v) is 4.95. The minimum atomic E-state index is 0. The number of hydrogen-bond donors (Lipinski definition) is 2. The van der Waals surface area contributed by atoms with E-state index in [4.69, 9.17) is 9.47 Å². The summed E-state index contributed by atoms with van der Waals surface area (Å²) in [4.78, 5) is 4.56. The molecular weight excluding hydrogens is 433 g/mol. The van der Waals surface area contributed by atoms with Gasteiger partial charge in [0.1, 0.15) is 0 Å². The van der Waals surface area contributed by atoms with E-state index in [2.05, 4.69) is 20.7 Å². The summed E-state index contributed by atoms with van der Waals surface area (Å²) in [6, 6.07) is 7.62. The van der Waals surface area contributed by atoms with Crippen LogP contribution in [0.2, 0.25) is 0 Å². The summed E-state index contributed by atoms with van der Waals surface area (Å²) in [5.41, 5.74) is 0.887. The van der Waals surface area contributed by atoms with Gasteiger partial charge in [0.25, 0.3) is 0 Å². The zero-order valence-electron chi connectivity index (χ0n) is 14.9. The van der Waals surface area contributed by atoms with Crippen LogP contribution < -0.4 is 20.1 Å². The molecule has 0 bridgehead atoms. The van der Waals surface area contributed by atoms with Gasteiger partial charge in [0.05, 0.1) is 26.8 Å². The molecule has 0 aliphatic rings. The van der Waals surface area contributed by atoms with Gasteiger partial charge >= 0.3 is 0 Å². The van der Waals surface area contributed by atoms with E-state index in [0.717, 1.165) is 24.7 Å². The van der Waals surface area contributed by atoms with Crippen molar-refractivity contribution < 1.29 is 9.47 Å². The zero-order chi connectivity index (χ0) is 17.2. The number of methoxy groups -OCH3 is 1.